The Hall–Kier alpha value is -3.32. The fraction of sp³-hybridized carbons (Fsp3) is 0.174. The third kappa shape index (κ3) is 3.64. The topological polar surface area (TPSA) is 82.6 Å². The highest BCUT2D eigenvalue weighted by Crippen LogP contribution is 2.43. The minimum atomic E-state index is -0.154. The molecule has 0 spiro atoms. The molecule has 1 aliphatic carbocycles. The monoisotopic (exact) mass is 416 g/mol. The molecule has 5 rings (SSSR count). The van der Waals surface area contributed by atoms with E-state index in [-0.39, 0.29) is 11.8 Å². The van der Waals surface area contributed by atoms with Gasteiger partial charge in [-0.1, -0.05) is 30.0 Å². The summed E-state index contributed by atoms with van der Waals surface area (Å²) in [5.74, 6) is 0.125. The van der Waals surface area contributed by atoms with Crippen LogP contribution in [0.15, 0.2) is 75.9 Å². The van der Waals surface area contributed by atoms with Crippen molar-refractivity contribution in [2.45, 2.75) is 24.7 Å². The van der Waals surface area contributed by atoms with Gasteiger partial charge in [0.05, 0.1) is 17.0 Å². The predicted octanol–water partition coefficient (Wildman–Crippen LogP) is 4.35. The first-order chi connectivity index (χ1) is 14.6. The molecule has 0 radical (unpaired) electrons. The third-order valence-electron chi connectivity index (χ3n) is 5.13. The van der Waals surface area contributed by atoms with Crippen LogP contribution in [0.1, 0.15) is 25.3 Å². The SMILES string of the molecule is CC(=O)Nc1ccc(SC2=CC(=C3C(=O)NN=C3C3CC3)Nc3ccccc32)cc1. The zero-order valence-electron chi connectivity index (χ0n) is 16.4. The van der Waals surface area contributed by atoms with E-state index in [1.54, 1.807) is 11.8 Å². The summed E-state index contributed by atoms with van der Waals surface area (Å²) in [4.78, 5) is 25.9. The van der Waals surface area contributed by atoms with Crippen LogP contribution in [0.5, 0.6) is 0 Å². The largest absolute Gasteiger partial charge is 0.354 e. The normalized spacial score (nSPS) is 20.0. The Kier molecular flexibility index (Phi) is 4.67. The summed E-state index contributed by atoms with van der Waals surface area (Å²) in [7, 11) is 0. The minimum Gasteiger partial charge on any atom is -0.354 e. The summed E-state index contributed by atoms with van der Waals surface area (Å²) < 4.78 is 0. The van der Waals surface area contributed by atoms with Crippen LogP contribution in [0.3, 0.4) is 0 Å². The summed E-state index contributed by atoms with van der Waals surface area (Å²) in [6.07, 6.45) is 4.19. The van der Waals surface area contributed by atoms with Crippen LogP contribution in [0, 0.1) is 5.92 Å². The van der Waals surface area contributed by atoms with Gasteiger partial charge in [-0.15, -0.1) is 0 Å². The van der Waals surface area contributed by atoms with Crippen LogP contribution in [-0.2, 0) is 9.59 Å². The van der Waals surface area contributed by atoms with Crippen molar-refractivity contribution in [2.75, 3.05) is 10.6 Å². The summed E-state index contributed by atoms with van der Waals surface area (Å²) in [6, 6.07) is 15.8. The summed E-state index contributed by atoms with van der Waals surface area (Å²) in [5, 5.41) is 10.5. The Morgan fingerprint density at radius 1 is 1.13 bits per heavy atom. The molecular formula is C23H20N4O2S. The van der Waals surface area contributed by atoms with Gasteiger partial charge in [0.25, 0.3) is 5.91 Å². The molecule has 6 nitrogen and oxygen atoms in total. The molecule has 150 valence electrons. The zero-order chi connectivity index (χ0) is 20.7. The highest BCUT2D eigenvalue weighted by Gasteiger charge is 2.38. The number of carbonyl (C=O) groups excluding carboxylic acids is 2. The quantitative estimate of drug-likeness (QED) is 0.647. The van der Waals surface area contributed by atoms with Gasteiger partial charge in [-0.05, 0) is 49.2 Å². The molecule has 7 heteroatoms. The van der Waals surface area contributed by atoms with E-state index in [1.165, 1.54) is 6.92 Å². The van der Waals surface area contributed by atoms with Gasteiger partial charge in [0.2, 0.25) is 5.91 Å². The number of thioether (sulfide) groups is 1. The van der Waals surface area contributed by atoms with E-state index in [1.807, 2.05) is 48.5 Å². The fourth-order valence-electron chi connectivity index (χ4n) is 3.60. The number of para-hydroxylation sites is 1. The van der Waals surface area contributed by atoms with E-state index in [9.17, 15) is 9.59 Å². The number of rotatable bonds is 4. The average molecular weight is 417 g/mol. The predicted molar refractivity (Wildman–Crippen MR) is 120 cm³/mol. The van der Waals surface area contributed by atoms with Crippen LogP contribution < -0.4 is 16.1 Å². The van der Waals surface area contributed by atoms with E-state index in [0.717, 1.165) is 51.0 Å². The molecule has 3 aliphatic rings. The minimum absolute atomic E-state index is 0.0929. The Morgan fingerprint density at radius 2 is 1.90 bits per heavy atom. The molecule has 0 atom stereocenters. The maximum Gasteiger partial charge on any atom is 0.275 e. The Balaban J connectivity index is 1.51. The standard InChI is InChI=1S/C23H20N4O2S/c1-13(28)24-15-8-10-16(11-9-15)30-20-12-19(25-18-5-3-2-4-17(18)20)21-22(14-6-7-14)26-27-23(21)29/h2-5,8-12,14,25H,6-7H2,1H3,(H,24,28)(H,27,29). The number of allylic oxidation sites excluding steroid dienone is 1. The van der Waals surface area contributed by atoms with Gasteiger partial charge >= 0.3 is 0 Å². The second-order valence-electron chi connectivity index (χ2n) is 7.49. The van der Waals surface area contributed by atoms with Gasteiger partial charge in [-0.2, -0.15) is 5.10 Å². The molecule has 2 aliphatic heterocycles. The smallest absolute Gasteiger partial charge is 0.275 e. The van der Waals surface area contributed by atoms with Gasteiger partial charge in [0.1, 0.15) is 0 Å². The number of anilines is 2. The van der Waals surface area contributed by atoms with Crippen LogP contribution in [0.4, 0.5) is 11.4 Å². The van der Waals surface area contributed by atoms with Crippen molar-refractivity contribution in [3.63, 3.8) is 0 Å². The third-order valence-corrected chi connectivity index (χ3v) is 6.20. The maximum atomic E-state index is 12.5. The van der Waals surface area contributed by atoms with Crippen LogP contribution in [0.25, 0.3) is 4.91 Å². The summed E-state index contributed by atoms with van der Waals surface area (Å²) >= 11 is 1.63. The number of hydrogen-bond donors (Lipinski definition) is 3. The van der Waals surface area contributed by atoms with E-state index < -0.39 is 0 Å². The average Bonchev–Trinajstić information content (AvgIpc) is 3.50. The number of nitrogens with one attached hydrogen (secondary N) is 3. The van der Waals surface area contributed by atoms with Gasteiger partial charge in [-0.25, -0.2) is 5.43 Å². The lowest BCUT2D eigenvalue weighted by atomic mass is 10.0. The molecule has 1 fully saturated rings. The highest BCUT2D eigenvalue weighted by atomic mass is 32.2. The lowest BCUT2D eigenvalue weighted by Gasteiger charge is -2.22. The van der Waals surface area contributed by atoms with E-state index in [4.69, 9.17) is 0 Å². The van der Waals surface area contributed by atoms with Crippen LogP contribution in [0.2, 0.25) is 0 Å². The molecule has 2 aromatic rings. The first kappa shape index (κ1) is 18.7. The van der Waals surface area contributed by atoms with Crippen LogP contribution in [-0.4, -0.2) is 17.5 Å². The van der Waals surface area contributed by atoms with E-state index >= 15 is 0 Å². The van der Waals surface area contributed by atoms with Gasteiger partial charge in [0, 0.05) is 39.6 Å². The number of benzene rings is 2. The number of hydrogen-bond acceptors (Lipinski definition) is 5. The molecule has 1 saturated carbocycles. The van der Waals surface area contributed by atoms with Crippen LogP contribution >= 0.6 is 11.8 Å². The molecule has 0 aromatic heterocycles. The molecular weight excluding hydrogens is 396 g/mol. The molecule has 2 amide bonds. The molecule has 0 saturated heterocycles. The molecule has 2 aromatic carbocycles. The number of nitrogens with zero attached hydrogens (tertiary/aromatic N) is 1. The fourth-order valence-corrected chi connectivity index (χ4v) is 4.60. The second-order valence-corrected chi connectivity index (χ2v) is 8.60. The van der Waals surface area contributed by atoms with Crippen molar-refractivity contribution in [3.05, 3.63) is 71.4 Å². The molecule has 0 unspecified atom stereocenters. The van der Waals surface area contributed by atoms with Crippen molar-refractivity contribution in [1.82, 2.24) is 5.43 Å². The lowest BCUT2D eigenvalue weighted by Crippen LogP contribution is -2.20. The molecule has 3 N–H and O–H groups in total. The van der Waals surface area contributed by atoms with Crippen molar-refractivity contribution >= 4 is 45.6 Å². The maximum absolute atomic E-state index is 12.5. The van der Waals surface area contributed by atoms with Gasteiger partial charge in [-0.3, -0.25) is 9.59 Å². The Morgan fingerprint density at radius 3 is 2.63 bits per heavy atom. The molecule has 0 bridgehead atoms. The van der Waals surface area contributed by atoms with Crippen molar-refractivity contribution in [2.24, 2.45) is 11.0 Å². The summed E-state index contributed by atoms with van der Waals surface area (Å²) in [5.41, 5.74) is 7.74. The van der Waals surface area contributed by atoms with E-state index in [0.29, 0.717) is 11.5 Å². The van der Waals surface area contributed by atoms with Gasteiger partial charge in [0.15, 0.2) is 0 Å². The second kappa shape index (κ2) is 7.50. The zero-order valence-corrected chi connectivity index (χ0v) is 17.2. The van der Waals surface area contributed by atoms with Crippen molar-refractivity contribution in [1.29, 1.82) is 0 Å². The first-order valence-electron chi connectivity index (χ1n) is 9.84. The van der Waals surface area contributed by atoms with E-state index in [2.05, 4.69) is 27.2 Å². The molecule has 2 heterocycles. The Bertz CT molecular complexity index is 1140. The first-order valence-corrected chi connectivity index (χ1v) is 10.7. The number of fused-ring (bicyclic) bond motifs is 1. The van der Waals surface area contributed by atoms with Crippen molar-refractivity contribution in [3.8, 4) is 0 Å². The highest BCUT2D eigenvalue weighted by molar-refractivity contribution is 8.08. The number of hydrazone groups is 1. The van der Waals surface area contributed by atoms with Gasteiger partial charge < -0.3 is 10.6 Å². The van der Waals surface area contributed by atoms with Crippen molar-refractivity contribution < 1.29 is 9.59 Å². The number of carbonyl (C=O) groups is 2. The number of amides is 2. The summed E-state index contributed by atoms with van der Waals surface area (Å²) in [6.45, 7) is 1.49. The molecule has 30 heavy (non-hydrogen) atoms. The Labute approximate surface area is 178 Å². The lowest BCUT2D eigenvalue weighted by molar-refractivity contribution is -0.116.